The summed E-state index contributed by atoms with van der Waals surface area (Å²) in [7, 11) is 0. The molecule has 0 fully saturated rings. The summed E-state index contributed by atoms with van der Waals surface area (Å²) in [5.74, 6) is 0.287. The van der Waals surface area contributed by atoms with Gasteiger partial charge in [-0.2, -0.15) is 0 Å². The molecule has 0 aliphatic rings. The van der Waals surface area contributed by atoms with Crippen molar-refractivity contribution in [3.63, 3.8) is 0 Å². The maximum atomic E-state index is 5.88. The summed E-state index contributed by atoms with van der Waals surface area (Å²) in [6.45, 7) is 2.58. The number of nitrogens with zero attached hydrogens (tertiary/aromatic N) is 3. The summed E-state index contributed by atoms with van der Waals surface area (Å²) < 4.78 is 0. The van der Waals surface area contributed by atoms with Gasteiger partial charge in [-0.3, -0.25) is 0 Å². The molecule has 6 nitrogen and oxygen atoms in total. The van der Waals surface area contributed by atoms with Gasteiger partial charge in [0.2, 0.25) is 5.95 Å². The van der Waals surface area contributed by atoms with E-state index in [9.17, 15) is 0 Å². The van der Waals surface area contributed by atoms with Crippen LogP contribution in [-0.4, -0.2) is 19.9 Å². The molecule has 0 amide bonds. The van der Waals surface area contributed by atoms with Gasteiger partial charge < -0.3 is 16.5 Å². The van der Waals surface area contributed by atoms with Gasteiger partial charge in [-0.1, -0.05) is 31.2 Å². The van der Waals surface area contributed by atoms with Crippen LogP contribution in [0.15, 0.2) is 48.8 Å². The highest BCUT2D eigenvalue weighted by atomic mass is 15.0. The Labute approximate surface area is 151 Å². The minimum atomic E-state index is 0.287. The Morgan fingerprint density at radius 3 is 2.58 bits per heavy atom. The van der Waals surface area contributed by atoms with Crippen LogP contribution in [0.2, 0.25) is 0 Å². The molecule has 0 unspecified atom stereocenters. The molecule has 3 heterocycles. The normalized spacial score (nSPS) is 11.2. The largest absolute Gasteiger partial charge is 0.368 e. The number of rotatable bonds is 4. The van der Waals surface area contributed by atoms with Crippen LogP contribution in [0.5, 0.6) is 0 Å². The third kappa shape index (κ3) is 2.91. The lowest BCUT2D eigenvalue weighted by atomic mass is 10.0. The fourth-order valence-corrected chi connectivity index (χ4v) is 3.04. The van der Waals surface area contributed by atoms with E-state index in [-0.39, 0.29) is 5.95 Å². The zero-order valence-electron chi connectivity index (χ0n) is 14.5. The standard InChI is InChI=1S/C20H20N6/c1-2-15-8-18(26-20(22)25-15)17-11-24-19-16(17)7-14(10-23-19)13-5-3-12(9-21)4-6-13/h3-8,10-11H,2,9,21H2,1H3,(H,23,24)(H2,22,25,26). The third-order valence-corrected chi connectivity index (χ3v) is 4.49. The highest BCUT2D eigenvalue weighted by molar-refractivity contribution is 5.95. The Morgan fingerprint density at radius 2 is 1.85 bits per heavy atom. The number of hydrogen-bond acceptors (Lipinski definition) is 5. The first-order valence-electron chi connectivity index (χ1n) is 8.58. The molecule has 0 aliphatic heterocycles. The van der Waals surface area contributed by atoms with E-state index < -0.39 is 0 Å². The van der Waals surface area contributed by atoms with E-state index in [4.69, 9.17) is 11.5 Å². The number of nitrogens with one attached hydrogen (secondary N) is 1. The van der Waals surface area contributed by atoms with Gasteiger partial charge in [0, 0.05) is 41.1 Å². The first-order valence-corrected chi connectivity index (χ1v) is 8.58. The van der Waals surface area contributed by atoms with Crippen molar-refractivity contribution in [2.75, 3.05) is 5.73 Å². The van der Waals surface area contributed by atoms with Gasteiger partial charge >= 0.3 is 0 Å². The van der Waals surface area contributed by atoms with E-state index in [1.807, 2.05) is 37.5 Å². The average Bonchev–Trinajstić information content (AvgIpc) is 3.10. The van der Waals surface area contributed by atoms with Crippen molar-refractivity contribution in [1.29, 1.82) is 0 Å². The van der Waals surface area contributed by atoms with E-state index in [1.54, 1.807) is 0 Å². The number of nitrogens with two attached hydrogens (primary N) is 2. The van der Waals surface area contributed by atoms with Crippen LogP contribution in [0.4, 0.5) is 5.95 Å². The number of benzene rings is 1. The molecule has 0 atom stereocenters. The molecule has 4 aromatic rings. The zero-order chi connectivity index (χ0) is 18.1. The Kier molecular flexibility index (Phi) is 4.10. The van der Waals surface area contributed by atoms with E-state index in [0.29, 0.717) is 6.54 Å². The Morgan fingerprint density at radius 1 is 1.04 bits per heavy atom. The maximum absolute atomic E-state index is 5.88. The molecular formula is C20H20N6. The van der Waals surface area contributed by atoms with Crippen LogP contribution in [0.3, 0.4) is 0 Å². The Balaban J connectivity index is 1.83. The monoisotopic (exact) mass is 344 g/mol. The molecule has 0 aliphatic carbocycles. The lowest BCUT2D eigenvalue weighted by Crippen LogP contribution is -2.00. The molecule has 0 radical (unpaired) electrons. The number of aromatic amines is 1. The predicted octanol–water partition coefficient (Wildman–Crippen LogP) is 3.29. The number of H-pyrrole nitrogens is 1. The predicted molar refractivity (Wildman–Crippen MR) is 104 cm³/mol. The molecule has 4 rings (SSSR count). The highest BCUT2D eigenvalue weighted by Gasteiger charge is 2.12. The van der Waals surface area contributed by atoms with E-state index in [0.717, 1.165) is 51.1 Å². The fraction of sp³-hybridized carbons (Fsp3) is 0.150. The summed E-state index contributed by atoms with van der Waals surface area (Å²) in [6, 6.07) is 12.3. The second-order valence-electron chi connectivity index (χ2n) is 6.18. The number of anilines is 1. The zero-order valence-corrected chi connectivity index (χ0v) is 14.5. The van der Waals surface area contributed by atoms with Gasteiger partial charge in [-0.15, -0.1) is 0 Å². The first-order chi connectivity index (χ1) is 12.7. The van der Waals surface area contributed by atoms with Crippen molar-refractivity contribution in [1.82, 2.24) is 19.9 Å². The van der Waals surface area contributed by atoms with Crippen molar-refractivity contribution in [3.05, 3.63) is 60.0 Å². The molecule has 5 N–H and O–H groups in total. The molecular weight excluding hydrogens is 324 g/mol. The number of pyridine rings is 1. The number of nitrogen functional groups attached to an aromatic ring is 1. The summed E-state index contributed by atoms with van der Waals surface area (Å²) in [5.41, 5.74) is 18.3. The molecule has 1 aromatic carbocycles. The molecule has 0 saturated carbocycles. The van der Waals surface area contributed by atoms with Crippen molar-refractivity contribution < 1.29 is 0 Å². The number of aromatic nitrogens is 4. The fourth-order valence-electron chi connectivity index (χ4n) is 3.04. The molecule has 0 spiro atoms. The lowest BCUT2D eigenvalue weighted by molar-refractivity contribution is 1.01. The molecule has 3 aromatic heterocycles. The van der Waals surface area contributed by atoms with Crippen molar-refractivity contribution in [3.8, 4) is 22.4 Å². The smallest absolute Gasteiger partial charge is 0.220 e. The van der Waals surface area contributed by atoms with Gasteiger partial charge in [-0.05, 0) is 29.7 Å². The summed E-state index contributed by atoms with van der Waals surface area (Å²) in [4.78, 5) is 16.4. The summed E-state index contributed by atoms with van der Waals surface area (Å²) in [5, 5.41) is 1.01. The quantitative estimate of drug-likeness (QED) is 0.527. The minimum Gasteiger partial charge on any atom is -0.368 e. The van der Waals surface area contributed by atoms with Gasteiger partial charge in [0.1, 0.15) is 5.65 Å². The Bertz CT molecular complexity index is 1070. The molecule has 0 bridgehead atoms. The van der Waals surface area contributed by atoms with Crippen LogP contribution in [0, 0.1) is 0 Å². The number of aryl methyl sites for hydroxylation is 1. The maximum Gasteiger partial charge on any atom is 0.220 e. The average molecular weight is 344 g/mol. The molecule has 130 valence electrons. The van der Waals surface area contributed by atoms with Crippen molar-refractivity contribution >= 4 is 17.0 Å². The van der Waals surface area contributed by atoms with E-state index in [2.05, 4.69) is 38.1 Å². The van der Waals surface area contributed by atoms with Crippen LogP contribution >= 0.6 is 0 Å². The molecule has 26 heavy (non-hydrogen) atoms. The highest BCUT2D eigenvalue weighted by Crippen LogP contribution is 2.30. The van der Waals surface area contributed by atoms with Gasteiger partial charge in [0.25, 0.3) is 0 Å². The van der Waals surface area contributed by atoms with Crippen LogP contribution in [0.1, 0.15) is 18.2 Å². The number of fused-ring (bicyclic) bond motifs is 1. The topological polar surface area (TPSA) is 106 Å². The van der Waals surface area contributed by atoms with Crippen LogP contribution in [0.25, 0.3) is 33.4 Å². The first kappa shape index (κ1) is 16.2. The van der Waals surface area contributed by atoms with Crippen LogP contribution < -0.4 is 11.5 Å². The summed E-state index contributed by atoms with van der Waals surface area (Å²) in [6.07, 6.45) is 4.59. The van der Waals surface area contributed by atoms with Gasteiger partial charge in [0.05, 0.1) is 5.69 Å². The second kappa shape index (κ2) is 6.57. The van der Waals surface area contributed by atoms with E-state index >= 15 is 0 Å². The van der Waals surface area contributed by atoms with E-state index in [1.165, 1.54) is 0 Å². The SMILES string of the molecule is CCc1cc(-c2c[nH]c3ncc(-c4ccc(CN)cc4)cc23)nc(N)n1. The number of hydrogen-bond donors (Lipinski definition) is 3. The molecule has 6 heteroatoms. The van der Waals surface area contributed by atoms with Crippen molar-refractivity contribution in [2.45, 2.75) is 19.9 Å². The lowest BCUT2D eigenvalue weighted by Gasteiger charge is -2.06. The summed E-state index contributed by atoms with van der Waals surface area (Å²) >= 11 is 0. The van der Waals surface area contributed by atoms with Crippen molar-refractivity contribution in [2.24, 2.45) is 5.73 Å². The van der Waals surface area contributed by atoms with Crippen LogP contribution in [-0.2, 0) is 13.0 Å². The molecule has 0 saturated heterocycles. The third-order valence-electron chi connectivity index (χ3n) is 4.49. The Hall–Kier alpha value is -3.25. The second-order valence-corrected chi connectivity index (χ2v) is 6.18. The van der Waals surface area contributed by atoms with Gasteiger partial charge in [0.15, 0.2) is 0 Å². The minimum absolute atomic E-state index is 0.287. The van der Waals surface area contributed by atoms with Gasteiger partial charge in [-0.25, -0.2) is 15.0 Å².